The average molecular weight is 395 g/mol. The van der Waals surface area contributed by atoms with E-state index in [4.69, 9.17) is 14.3 Å². The Morgan fingerprint density at radius 1 is 1.21 bits per heavy atom. The molecule has 1 aromatic heterocycles. The molecule has 3 rings (SSSR count). The Hall–Kier alpha value is -3.30. The molecule has 0 saturated carbocycles. The summed E-state index contributed by atoms with van der Waals surface area (Å²) in [6, 6.07) is 4.59. The lowest BCUT2D eigenvalue weighted by atomic mass is 9.84. The Morgan fingerprint density at radius 2 is 1.93 bits per heavy atom. The number of rotatable bonds is 3. The van der Waals surface area contributed by atoms with Crippen LogP contribution >= 0.6 is 0 Å². The molecule has 148 valence electrons. The molecule has 1 atom stereocenters. The SMILES string of the molecule is CC1=C(OC(=O)O)C(c2cccc(C(F)(F)F)c2)C(c2nnc(C)o2)=C(C)N1. The number of carbonyl (C=O) groups is 1. The molecule has 1 aromatic carbocycles. The predicted molar refractivity (Wildman–Crippen MR) is 90.8 cm³/mol. The highest BCUT2D eigenvalue weighted by Gasteiger charge is 2.37. The van der Waals surface area contributed by atoms with Crippen molar-refractivity contribution in [2.24, 2.45) is 0 Å². The number of nitrogens with one attached hydrogen (secondary N) is 1. The second-order valence-corrected chi connectivity index (χ2v) is 6.20. The minimum atomic E-state index is -4.56. The summed E-state index contributed by atoms with van der Waals surface area (Å²) in [5, 5.41) is 19.8. The molecule has 0 aliphatic carbocycles. The van der Waals surface area contributed by atoms with E-state index in [1.165, 1.54) is 12.1 Å². The molecule has 1 aliphatic heterocycles. The molecule has 1 unspecified atom stereocenters. The van der Waals surface area contributed by atoms with Crippen LogP contribution in [0.4, 0.5) is 18.0 Å². The summed E-state index contributed by atoms with van der Waals surface area (Å²) < 4.78 is 50.0. The summed E-state index contributed by atoms with van der Waals surface area (Å²) in [6.45, 7) is 4.81. The van der Waals surface area contributed by atoms with Crippen LogP contribution in [0.25, 0.3) is 5.57 Å². The highest BCUT2D eigenvalue weighted by atomic mass is 19.4. The summed E-state index contributed by atoms with van der Waals surface area (Å²) in [7, 11) is 0. The first-order valence-electron chi connectivity index (χ1n) is 8.15. The Labute approximate surface area is 157 Å². The van der Waals surface area contributed by atoms with Gasteiger partial charge < -0.3 is 19.6 Å². The minimum absolute atomic E-state index is 0.0592. The van der Waals surface area contributed by atoms with Gasteiger partial charge in [0.25, 0.3) is 0 Å². The van der Waals surface area contributed by atoms with Crippen LogP contribution in [0.5, 0.6) is 0 Å². The van der Waals surface area contributed by atoms with E-state index in [9.17, 15) is 18.0 Å². The Kier molecular flexibility index (Phi) is 4.88. The number of benzene rings is 1. The molecule has 0 spiro atoms. The normalized spacial score (nSPS) is 17.6. The van der Waals surface area contributed by atoms with Crippen molar-refractivity contribution in [2.75, 3.05) is 0 Å². The van der Waals surface area contributed by atoms with Crippen LogP contribution in [0.15, 0.2) is 45.8 Å². The highest BCUT2D eigenvalue weighted by molar-refractivity contribution is 5.75. The van der Waals surface area contributed by atoms with Crippen LogP contribution in [0.3, 0.4) is 0 Å². The molecule has 2 aromatic rings. The number of hydrogen-bond donors (Lipinski definition) is 2. The maximum atomic E-state index is 13.2. The van der Waals surface area contributed by atoms with Crippen molar-refractivity contribution in [3.8, 4) is 0 Å². The van der Waals surface area contributed by atoms with Crippen LogP contribution in [0.1, 0.15) is 42.7 Å². The first kappa shape index (κ1) is 19.5. The van der Waals surface area contributed by atoms with Gasteiger partial charge in [-0.05, 0) is 25.5 Å². The number of halogens is 3. The Bertz CT molecular complexity index is 992. The second-order valence-electron chi connectivity index (χ2n) is 6.20. The van der Waals surface area contributed by atoms with Gasteiger partial charge in [-0.15, -0.1) is 10.2 Å². The summed E-state index contributed by atoms with van der Waals surface area (Å²) in [5.41, 5.74) is 0.525. The molecular formula is C18H16F3N3O4. The summed E-state index contributed by atoms with van der Waals surface area (Å²) in [4.78, 5) is 11.2. The quantitative estimate of drug-likeness (QED) is 0.742. The zero-order chi connectivity index (χ0) is 20.6. The molecule has 28 heavy (non-hydrogen) atoms. The number of nitrogens with zero attached hydrogens (tertiary/aromatic N) is 2. The molecular weight excluding hydrogens is 379 g/mol. The molecule has 2 heterocycles. The second kappa shape index (κ2) is 7.02. The van der Waals surface area contributed by atoms with E-state index in [1.54, 1.807) is 20.8 Å². The van der Waals surface area contributed by atoms with Gasteiger partial charge in [0.1, 0.15) is 5.76 Å². The molecule has 0 fully saturated rings. The number of allylic oxidation sites excluding steroid dienone is 3. The Morgan fingerprint density at radius 3 is 2.50 bits per heavy atom. The zero-order valence-corrected chi connectivity index (χ0v) is 15.1. The maximum absolute atomic E-state index is 13.2. The molecule has 2 N–H and O–H groups in total. The van der Waals surface area contributed by atoms with Crippen LogP contribution < -0.4 is 5.32 Å². The van der Waals surface area contributed by atoms with E-state index in [1.807, 2.05) is 0 Å². The number of ether oxygens (including phenoxy) is 1. The van der Waals surface area contributed by atoms with Crippen molar-refractivity contribution >= 4 is 11.7 Å². The fourth-order valence-corrected chi connectivity index (χ4v) is 3.11. The van der Waals surface area contributed by atoms with E-state index < -0.39 is 23.8 Å². The van der Waals surface area contributed by atoms with Gasteiger partial charge in [-0.1, -0.05) is 18.2 Å². The van der Waals surface area contributed by atoms with Crippen molar-refractivity contribution < 1.29 is 32.2 Å². The minimum Gasteiger partial charge on any atom is -0.449 e. The van der Waals surface area contributed by atoms with Crippen molar-refractivity contribution in [1.29, 1.82) is 0 Å². The number of hydrogen-bond acceptors (Lipinski definition) is 6. The third-order valence-electron chi connectivity index (χ3n) is 4.20. The van der Waals surface area contributed by atoms with Crippen molar-refractivity contribution in [1.82, 2.24) is 15.5 Å². The molecule has 10 heteroatoms. The van der Waals surface area contributed by atoms with Gasteiger partial charge in [0, 0.05) is 12.6 Å². The third kappa shape index (κ3) is 3.71. The molecule has 0 saturated heterocycles. The lowest BCUT2D eigenvalue weighted by Crippen LogP contribution is -2.26. The summed E-state index contributed by atoms with van der Waals surface area (Å²) >= 11 is 0. The lowest BCUT2D eigenvalue weighted by molar-refractivity contribution is -0.137. The molecule has 0 radical (unpaired) electrons. The van der Waals surface area contributed by atoms with Crippen LogP contribution in [0, 0.1) is 6.92 Å². The smallest absolute Gasteiger partial charge is 0.449 e. The molecule has 7 nitrogen and oxygen atoms in total. The van der Waals surface area contributed by atoms with Gasteiger partial charge in [0.2, 0.25) is 11.8 Å². The van der Waals surface area contributed by atoms with Crippen molar-refractivity contribution in [3.05, 3.63) is 64.3 Å². The topological polar surface area (TPSA) is 97.5 Å². The van der Waals surface area contributed by atoms with Crippen LogP contribution in [-0.4, -0.2) is 21.5 Å². The predicted octanol–water partition coefficient (Wildman–Crippen LogP) is 4.44. The van der Waals surface area contributed by atoms with E-state index in [2.05, 4.69) is 15.5 Å². The maximum Gasteiger partial charge on any atom is 0.511 e. The molecule has 1 aliphatic rings. The third-order valence-corrected chi connectivity index (χ3v) is 4.20. The highest BCUT2D eigenvalue weighted by Crippen LogP contribution is 2.44. The van der Waals surface area contributed by atoms with Crippen molar-refractivity contribution in [2.45, 2.75) is 32.9 Å². The van der Waals surface area contributed by atoms with E-state index in [0.717, 1.165) is 12.1 Å². The number of carboxylic acid groups (broad SMARTS) is 1. The van der Waals surface area contributed by atoms with E-state index >= 15 is 0 Å². The summed E-state index contributed by atoms with van der Waals surface area (Å²) in [6.07, 6.45) is -6.15. The van der Waals surface area contributed by atoms with Crippen LogP contribution in [-0.2, 0) is 10.9 Å². The summed E-state index contributed by atoms with van der Waals surface area (Å²) in [5.74, 6) is -0.739. The fourth-order valence-electron chi connectivity index (χ4n) is 3.11. The van der Waals surface area contributed by atoms with Crippen LogP contribution in [0.2, 0.25) is 0 Å². The fraction of sp³-hybridized carbons (Fsp3) is 0.278. The Balaban J connectivity index is 2.22. The number of alkyl halides is 3. The molecule has 0 bridgehead atoms. The number of aromatic nitrogens is 2. The largest absolute Gasteiger partial charge is 0.511 e. The van der Waals surface area contributed by atoms with E-state index in [-0.39, 0.29) is 23.1 Å². The zero-order valence-electron chi connectivity index (χ0n) is 15.1. The monoisotopic (exact) mass is 395 g/mol. The standard InChI is InChI=1S/C18H16F3N3O4/c1-8-13(16-24-23-10(3)27-16)14(15(9(2)22-8)28-17(25)26)11-5-4-6-12(7-11)18(19,20)21/h4-7,14,22H,1-3H3,(H,25,26). The van der Waals surface area contributed by atoms with Gasteiger partial charge in [0.05, 0.1) is 22.8 Å². The molecule has 0 amide bonds. The number of dihydropyridines is 1. The van der Waals surface area contributed by atoms with Gasteiger partial charge >= 0.3 is 12.3 Å². The first-order chi connectivity index (χ1) is 13.1. The average Bonchev–Trinajstić information content (AvgIpc) is 3.02. The van der Waals surface area contributed by atoms with Crippen molar-refractivity contribution in [3.63, 3.8) is 0 Å². The van der Waals surface area contributed by atoms with Gasteiger partial charge in [-0.2, -0.15) is 13.2 Å². The van der Waals surface area contributed by atoms with Gasteiger partial charge in [0.15, 0.2) is 0 Å². The first-order valence-corrected chi connectivity index (χ1v) is 8.15. The van der Waals surface area contributed by atoms with Gasteiger partial charge in [-0.3, -0.25) is 0 Å². The lowest BCUT2D eigenvalue weighted by Gasteiger charge is -2.29. The number of aryl methyl sites for hydroxylation is 1. The van der Waals surface area contributed by atoms with E-state index in [0.29, 0.717) is 17.0 Å². The van der Waals surface area contributed by atoms with Gasteiger partial charge in [-0.25, -0.2) is 4.79 Å².